The Morgan fingerprint density at radius 1 is 0.812 bits per heavy atom. The Balaban J connectivity index is 1.48. The first-order valence-corrected chi connectivity index (χ1v) is 11.1. The fraction of sp³-hybridized carbons (Fsp3) is 0.192. The number of rotatable bonds is 6. The number of hydrogen-bond donors (Lipinski definition) is 3. The summed E-state index contributed by atoms with van der Waals surface area (Å²) in [4.78, 5) is 25.4. The maximum Gasteiger partial charge on any atom is 0.238 e. The Bertz CT molecular complexity index is 1090. The SMILES string of the molecule is Cc1c(NC(=O)C2CC2)cccc1NC(=S)NC(=O)C(c1ccccc1)c1ccccc1. The molecule has 0 bridgehead atoms. The lowest BCUT2D eigenvalue weighted by molar-refractivity contribution is -0.120. The number of hydrogen-bond acceptors (Lipinski definition) is 3. The van der Waals surface area contributed by atoms with E-state index in [0.717, 1.165) is 40.9 Å². The van der Waals surface area contributed by atoms with E-state index in [1.54, 1.807) is 0 Å². The third kappa shape index (κ3) is 5.21. The predicted octanol–water partition coefficient (Wildman–Crippen LogP) is 4.99. The Hall–Kier alpha value is -3.51. The zero-order valence-corrected chi connectivity index (χ0v) is 18.6. The highest BCUT2D eigenvalue weighted by Crippen LogP contribution is 2.32. The summed E-state index contributed by atoms with van der Waals surface area (Å²) in [5.41, 5.74) is 4.12. The van der Waals surface area contributed by atoms with Crippen LogP contribution < -0.4 is 16.0 Å². The van der Waals surface area contributed by atoms with E-state index in [2.05, 4.69) is 16.0 Å². The fourth-order valence-electron chi connectivity index (χ4n) is 3.61. The molecule has 0 aromatic heterocycles. The summed E-state index contributed by atoms with van der Waals surface area (Å²) in [5.74, 6) is -0.521. The Morgan fingerprint density at radius 3 is 1.88 bits per heavy atom. The predicted molar refractivity (Wildman–Crippen MR) is 132 cm³/mol. The van der Waals surface area contributed by atoms with Crippen molar-refractivity contribution < 1.29 is 9.59 Å². The van der Waals surface area contributed by atoms with Crippen molar-refractivity contribution in [1.82, 2.24) is 5.32 Å². The zero-order valence-electron chi connectivity index (χ0n) is 17.8. The lowest BCUT2D eigenvalue weighted by Crippen LogP contribution is -2.38. The van der Waals surface area contributed by atoms with Gasteiger partial charge in [0.05, 0.1) is 5.92 Å². The normalized spacial score (nSPS) is 12.8. The highest BCUT2D eigenvalue weighted by molar-refractivity contribution is 7.80. The van der Waals surface area contributed by atoms with Gasteiger partial charge in [-0.1, -0.05) is 66.7 Å². The lowest BCUT2D eigenvalue weighted by Gasteiger charge is -2.19. The van der Waals surface area contributed by atoms with Crippen molar-refractivity contribution in [1.29, 1.82) is 0 Å². The summed E-state index contributed by atoms with van der Waals surface area (Å²) < 4.78 is 0. The first-order chi connectivity index (χ1) is 15.5. The van der Waals surface area contributed by atoms with Gasteiger partial charge >= 0.3 is 0 Å². The van der Waals surface area contributed by atoms with Gasteiger partial charge in [-0.3, -0.25) is 9.59 Å². The molecule has 0 unspecified atom stereocenters. The van der Waals surface area contributed by atoms with Crippen LogP contribution in [0.25, 0.3) is 0 Å². The fourth-order valence-corrected chi connectivity index (χ4v) is 3.82. The molecule has 0 radical (unpaired) electrons. The second-order valence-electron chi connectivity index (χ2n) is 7.94. The number of anilines is 2. The molecule has 0 aliphatic heterocycles. The number of carbonyl (C=O) groups is 2. The van der Waals surface area contributed by atoms with Crippen LogP contribution in [0, 0.1) is 12.8 Å². The standard InChI is InChI=1S/C26H25N3O2S/c1-17-21(27-24(30)20-15-16-20)13-8-14-22(17)28-26(32)29-25(31)23(18-9-4-2-5-10-18)19-11-6-3-7-12-19/h2-14,20,23H,15-16H2,1H3,(H,27,30)(H2,28,29,31,32). The van der Waals surface area contributed by atoms with E-state index in [0.29, 0.717) is 0 Å². The molecule has 2 amide bonds. The van der Waals surface area contributed by atoms with E-state index in [1.165, 1.54) is 0 Å². The summed E-state index contributed by atoms with van der Waals surface area (Å²) in [6.07, 6.45) is 1.89. The molecular weight excluding hydrogens is 418 g/mol. The van der Waals surface area contributed by atoms with Crippen LogP contribution in [0.2, 0.25) is 0 Å². The molecular formula is C26H25N3O2S. The van der Waals surface area contributed by atoms with Gasteiger partial charge in [0.15, 0.2) is 5.11 Å². The monoisotopic (exact) mass is 443 g/mol. The molecule has 3 N–H and O–H groups in total. The molecule has 3 aromatic carbocycles. The van der Waals surface area contributed by atoms with Gasteiger partial charge in [-0.25, -0.2) is 0 Å². The lowest BCUT2D eigenvalue weighted by atomic mass is 9.90. The highest BCUT2D eigenvalue weighted by Gasteiger charge is 2.30. The summed E-state index contributed by atoms with van der Waals surface area (Å²) in [5, 5.41) is 9.13. The summed E-state index contributed by atoms with van der Waals surface area (Å²) in [6, 6.07) is 24.8. The molecule has 0 saturated heterocycles. The average molecular weight is 444 g/mol. The molecule has 6 heteroatoms. The van der Waals surface area contributed by atoms with Crippen LogP contribution in [-0.4, -0.2) is 16.9 Å². The van der Waals surface area contributed by atoms with Crippen LogP contribution in [0.5, 0.6) is 0 Å². The van der Waals surface area contributed by atoms with Crippen LogP contribution in [0.3, 0.4) is 0 Å². The molecule has 4 rings (SSSR count). The van der Waals surface area contributed by atoms with Crippen molar-refractivity contribution in [3.8, 4) is 0 Å². The van der Waals surface area contributed by atoms with Crippen LogP contribution in [0.4, 0.5) is 11.4 Å². The van der Waals surface area contributed by atoms with Gasteiger partial charge in [-0.2, -0.15) is 0 Å². The third-order valence-electron chi connectivity index (χ3n) is 5.55. The first kappa shape index (κ1) is 21.7. The number of nitrogens with one attached hydrogen (secondary N) is 3. The molecule has 162 valence electrons. The van der Waals surface area contributed by atoms with Crippen molar-refractivity contribution in [2.45, 2.75) is 25.7 Å². The quantitative estimate of drug-likeness (QED) is 0.470. The van der Waals surface area contributed by atoms with Crippen molar-refractivity contribution >= 4 is 40.5 Å². The minimum atomic E-state index is -0.484. The summed E-state index contributed by atoms with van der Waals surface area (Å²) >= 11 is 5.44. The molecule has 32 heavy (non-hydrogen) atoms. The van der Waals surface area contributed by atoms with Gasteiger partial charge in [0.1, 0.15) is 0 Å². The summed E-state index contributed by atoms with van der Waals surface area (Å²) in [7, 11) is 0. The third-order valence-corrected chi connectivity index (χ3v) is 5.76. The van der Waals surface area contributed by atoms with Gasteiger partial charge in [0, 0.05) is 17.3 Å². The number of thiocarbonyl (C=S) groups is 1. The zero-order chi connectivity index (χ0) is 22.5. The van der Waals surface area contributed by atoms with Crippen LogP contribution in [0.1, 0.15) is 35.4 Å². The topological polar surface area (TPSA) is 70.2 Å². The second kappa shape index (κ2) is 9.75. The van der Waals surface area contributed by atoms with E-state index >= 15 is 0 Å². The molecule has 3 aromatic rings. The van der Waals surface area contributed by atoms with Gasteiger partial charge in [0.25, 0.3) is 0 Å². The Kier molecular flexibility index (Phi) is 6.61. The maximum atomic E-state index is 13.2. The van der Waals surface area contributed by atoms with Gasteiger partial charge in [0.2, 0.25) is 11.8 Å². The summed E-state index contributed by atoms with van der Waals surface area (Å²) in [6.45, 7) is 1.91. The molecule has 1 aliphatic carbocycles. The molecule has 1 saturated carbocycles. The van der Waals surface area contributed by atoms with Crippen molar-refractivity contribution in [2.75, 3.05) is 10.6 Å². The minimum absolute atomic E-state index is 0.0506. The van der Waals surface area contributed by atoms with E-state index < -0.39 is 5.92 Å². The van der Waals surface area contributed by atoms with Crippen LogP contribution >= 0.6 is 12.2 Å². The Labute approximate surface area is 193 Å². The van der Waals surface area contributed by atoms with Crippen LogP contribution in [-0.2, 0) is 9.59 Å². The van der Waals surface area contributed by atoms with E-state index in [-0.39, 0.29) is 22.8 Å². The van der Waals surface area contributed by atoms with Crippen molar-refractivity contribution in [3.05, 3.63) is 95.6 Å². The smallest absolute Gasteiger partial charge is 0.238 e. The molecule has 1 aliphatic rings. The van der Waals surface area contributed by atoms with Crippen LogP contribution in [0.15, 0.2) is 78.9 Å². The molecule has 0 heterocycles. The number of benzene rings is 3. The van der Waals surface area contributed by atoms with Gasteiger partial charge in [-0.15, -0.1) is 0 Å². The van der Waals surface area contributed by atoms with Gasteiger partial charge in [-0.05, 0) is 60.8 Å². The molecule has 0 spiro atoms. The Morgan fingerprint density at radius 2 is 1.34 bits per heavy atom. The van der Waals surface area contributed by atoms with E-state index in [9.17, 15) is 9.59 Å². The molecule has 5 nitrogen and oxygen atoms in total. The molecule has 1 fully saturated rings. The number of amides is 2. The first-order valence-electron chi connectivity index (χ1n) is 10.6. The maximum absolute atomic E-state index is 13.2. The average Bonchev–Trinajstić information content (AvgIpc) is 3.64. The van der Waals surface area contributed by atoms with E-state index in [4.69, 9.17) is 12.2 Å². The van der Waals surface area contributed by atoms with Gasteiger partial charge < -0.3 is 16.0 Å². The second-order valence-corrected chi connectivity index (χ2v) is 8.35. The highest BCUT2D eigenvalue weighted by atomic mass is 32.1. The van der Waals surface area contributed by atoms with E-state index in [1.807, 2.05) is 85.8 Å². The van der Waals surface area contributed by atoms with Crippen molar-refractivity contribution in [3.63, 3.8) is 0 Å². The minimum Gasteiger partial charge on any atom is -0.332 e. The van der Waals surface area contributed by atoms with Crippen molar-refractivity contribution in [2.24, 2.45) is 5.92 Å². The largest absolute Gasteiger partial charge is 0.332 e. The molecule has 0 atom stereocenters. The number of carbonyl (C=O) groups excluding carboxylic acids is 2.